The first-order valence-electron chi connectivity index (χ1n) is 5.57. The van der Waals surface area contributed by atoms with E-state index in [0.717, 1.165) is 13.0 Å². The summed E-state index contributed by atoms with van der Waals surface area (Å²) < 4.78 is 2.00. The van der Waals surface area contributed by atoms with E-state index < -0.39 is 5.41 Å². The maximum absolute atomic E-state index is 11.8. The molecule has 0 aromatic carbocycles. The van der Waals surface area contributed by atoms with Crippen LogP contribution in [0.1, 0.15) is 19.3 Å². The Morgan fingerprint density at radius 2 is 2.12 bits per heavy atom. The minimum atomic E-state index is -0.726. The van der Waals surface area contributed by atoms with Crippen molar-refractivity contribution in [2.45, 2.75) is 25.8 Å². The summed E-state index contributed by atoms with van der Waals surface area (Å²) in [6.45, 7) is 1.33. The van der Waals surface area contributed by atoms with Gasteiger partial charge in [-0.15, -0.1) is 0 Å². The molecule has 1 fully saturated rings. The minimum Gasteiger partial charge on any atom is -0.353 e. The van der Waals surface area contributed by atoms with Crippen LogP contribution in [0.25, 0.3) is 0 Å². The monoisotopic (exact) mass is 217 g/mol. The van der Waals surface area contributed by atoms with Gasteiger partial charge in [-0.25, -0.2) is 0 Å². The zero-order valence-electron chi connectivity index (χ0n) is 9.15. The quantitative estimate of drug-likeness (QED) is 0.826. The number of aromatic nitrogens is 1. The highest BCUT2D eigenvalue weighted by Crippen LogP contribution is 2.40. The van der Waals surface area contributed by atoms with Crippen LogP contribution in [0.15, 0.2) is 24.5 Å². The van der Waals surface area contributed by atoms with Crippen LogP contribution in [0.5, 0.6) is 0 Å². The predicted octanol–water partition coefficient (Wildman–Crippen LogP) is 1.30. The smallest absolute Gasteiger partial charge is 0.240 e. The molecule has 1 aliphatic carbocycles. The number of nitriles is 1. The van der Waals surface area contributed by atoms with Gasteiger partial charge < -0.3 is 9.88 Å². The van der Waals surface area contributed by atoms with Crippen molar-refractivity contribution in [2.24, 2.45) is 5.41 Å². The molecular formula is C12H15N3O. The van der Waals surface area contributed by atoms with Crippen molar-refractivity contribution in [3.05, 3.63) is 24.5 Å². The van der Waals surface area contributed by atoms with E-state index >= 15 is 0 Å². The topological polar surface area (TPSA) is 57.8 Å². The van der Waals surface area contributed by atoms with Crippen LogP contribution in [0.2, 0.25) is 0 Å². The number of hydrogen-bond acceptors (Lipinski definition) is 2. The number of nitrogens with one attached hydrogen (secondary N) is 1. The second kappa shape index (κ2) is 4.40. The van der Waals surface area contributed by atoms with Gasteiger partial charge in [-0.3, -0.25) is 4.79 Å². The average molecular weight is 217 g/mol. The van der Waals surface area contributed by atoms with E-state index in [1.165, 1.54) is 0 Å². The first kappa shape index (κ1) is 10.7. The van der Waals surface area contributed by atoms with Crippen molar-refractivity contribution in [3.63, 3.8) is 0 Å². The molecule has 0 bridgehead atoms. The van der Waals surface area contributed by atoms with Gasteiger partial charge in [0.05, 0.1) is 6.07 Å². The Morgan fingerprint density at radius 3 is 2.62 bits per heavy atom. The normalized spacial score (nSPS) is 17.2. The van der Waals surface area contributed by atoms with Gasteiger partial charge in [0.1, 0.15) is 5.41 Å². The highest BCUT2D eigenvalue weighted by atomic mass is 16.2. The summed E-state index contributed by atoms with van der Waals surface area (Å²) in [5, 5.41) is 11.8. The first-order chi connectivity index (χ1) is 7.77. The molecule has 1 N–H and O–H groups in total. The van der Waals surface area contributed by atoms with Gasteiger partial charge >= 0.3 is 0 Å². The Morgan fingerprint density at radius 1 is 1.44 bits per heavy atom. The second-order valence-electron chi connectivity index (χ2n) is 4.22. The van der Waals surface area contributed by atoms with Crippen LogP contribution >= 0.6 is 0 Å². The number of amides is 1. The summed E-state index contributed by atoms with van der Waals surface area (Å²) >= 11 is 0. The lowest BCUT2D eigenvalue weighted by Crippen LogP contribution is -2.45. The molecule has 16 heavy (non-hydrogen) atoms. The van der Waals surface area contributed by atoms with Gasteiger partial charge in [0, 0.05) is 25.5 Å². The van der Waals surface area contributed by atoms with Crippen molar-refractivity contribution in [1.29, 1.82) is 5.26 Å². The van der Waals surface area contributed by atoms with E-state index in [-0.39, 0.29) is 5.91 Å². The molecule has 0 aliphatic heterocycles. The van der Waals surface area contributed by atoms with Crippen molar-refractivity contribution >= 4 is 5.91 Å². The summed E-state index contributed by atoms with van der Waals surface area (Å²) in [5.74, 6) is -0.103. The molecule has 1 aliphatic rings. The number of carbonyl (C=O) groups excluding carboxylic acids is 1. The molecule has 0 spiro atoms. The fourth-order valence-corrected chi connectivity index (χ4v) is 1.91. The molecular weight excluding hydrogens is 202 g/mol. The Bertz CT molecular complexity index is 398. The van der Waals surface area contributed by atoms with Crippen molar-refractivity contribution < 1.29 is 4.79 Å². The van der Waals surface area contributed by atoms with Crippen LogP contribution in [0.4, 0.5) is 0 Å². The Balaban J connectivity index is 1.78. The molecule has 4 heteroatoms. The average Bonchev–Trinajstić information content (AvgIpc) is 2.70. The van der Waals surface area contributed by atoms with Crippen LogP contribution < -0.4 is 5.32 Å². The summed E-state index contributed by atoms with van der Waals surface area (Å²) in [6, 6.07) is 6.04. The summed E-state index contributed by atoms with van der Waals surface area (Å²) in [5.41, 5.74) is -0.726. The lowest BCUT2D eigenvalue weighted by molar-refractivity contribution is -0.131. The fourth-order valence-electron chi connectivity index (χ4n) is 1.91. The Hall–Kier alpha value is -1.76. The lowest BCUT2D eigenvalue weighted by Gasteiger charge is -2.33. The molecule has 1 amide bonds. The standard InChI is InChI=1S/C12H15N3O/c13-10-12(4-3-5-12)11(16)14-6-9-15-7-1-2-8-15/h1-2,7-8H,3-6,9H2,(H,14,16). The lowest BCUT2D eigenvalue weighted by atomic mass is 9.69. The molecule has 0 unspecified atom stereocenters. The van der Waals surface area contributed by atoms with Gasteiger partial charge in [-0.1, -0.05) is 0 Å². The first-order valence-corrected chi connectivity index (χ1v) is 5.57. The molecule has 1 heterocycles. The SMILES string of the molecule is N#CC1(C(=O)NCCn2cccc2)CCC1. The van der Waals surface area contributed by atoms with E-state index in [1.54, 1.807) is 0 Å². The molecule has 0 atom stereocenters. The highest BCUT2D eigenvalue weighted by molar-refractivity contribution is 5.86. The summed E-state index contributed by atoms with van der Waals surface area (Å²) in [6.07, 6.45) is 6.31. The molecule has 2 rings (SSSR count). The summed E-state index contributed by atoms with van der Waals surface area (Å²) in [4.78, 5) is 11.8. The maximum atomic E-state index is 11.8. The van der Waals surface area contributed by atoms with Gasteiger partial charge in [0.2, 0.25) is 5.91 Å². The molecule has 0 radical (unpaired) electrons. The third-order valence-electron chi connectivity index (χ3n) is 3.18. The van der Waals surface area contributed by atoms with Crippen LogP contribution in [-0.4, -0.2) is 17.0 Å². The highest BCUT2D eigenvalue weighted by Gasteiger charge is 2.44. The largest absolute Gasteiger partial charge is 0.353 e. The van der Waals surface area contributed by atoms with E-state index in [1.807, 2.05) is 29.1 Å². The van der Waals surface area contributed by atoms with Gasteiger partial charge in [0.15, 0.2) is 0 Å². The van der Waals surface area contributed by atoms with Crippen molar-refractivity contribution in [3.8, 4) is 6.07 Å². The van der Waals surface area contributed by atoms with Gasteiger partial charge in [-0.05, 0) is 31.4 Å². The van der Waals surface area contributed by atoms with Crippen molar-refractivity contribution in [2.75, 3.05) is 6.54 Å². The fraction of sp³-hybridized carbons (Fsp3) is 0.500. The molecule has 84 valence electrons. The number of rotatable bonds is 4. The van der Waals surface area contributed by atoms with Crippen LogP contribution in [0, 0.1) is 16.7 Å². The van der Waals surface area contributed by atoms with Crippen LogP contribution in [0.3, 0.4) is 0 Å². The van der Waals surface area contributed by atoms with E-state index in [9.17, 15) is 4.79 Å². The predicted molar refractivity (Wildman–Crippen MR) is 59.3 cm³/mol. The molecule has 0 saturated heterocycles. The minimum absolute atomic E-state index is 0.103. The van der Waals surface area contributed by atoms with Gasteiger partial charge in [0.25, 0.3) is 0 Å². The molecule has 1 aromatic heterocycles. The van der Waals surface area contributed by atoms with Crippen molar-refractivity contribution in [1.82, 2.24) is 9.88 Å². The molecule has 4 nitrogen and oxygen atoms in total. The maximum Gasteiger partial charge on any atom is 0.240 e. The number of nitrogens with zero attached hydrogens (tertiary/aromatic N) is 2. The van der Waals surface area contributed by atoms with E-state index in [0.29, 0.717) is 19.4 Å². The zero-order chi connectivity index (χ0) is 11.4. The summed E-state index contributed by atoms with van der Waals surface area (Å²) in [7, 11) is 0. The third kappa shape index (κ3) is 1.94. The number of hydrogen-bond donors (Lipinski definition) is 1. The second-order valence-corrected chi connectivity index (χ2v) is 4.22. The van der Waals surface area contributed by atoms with Crippen LogP contribution in [-0.2, 0) is 11.3 Å². The van der Waals surface area contributed by atoms with E-state index in [4.69, 9.17) is 5.26 Å². The molecule has 1 saturated carbocycles. The zero-order valence-corrected chi connectivity index (χ0v) is 9.15. The number of carbonyl (C=O) groups is 1. The molecule has 1 aromatic rings. The Labute approximate surface area is 94.9 Å². The Kier molecular flexibility index (Phi) is 2.95. The van der Waals surface area contributed by atoms with Gasteiger partial charge in [-0.2, -0.15) is 5.26 Å². The third-order valence-corrected chi connectivity index (χ3v) is 3.18. The van der Waals surface area contributed by atoms with E-state index in [2.05, 4.69) is 11.4 Å².